The maximum Gasteiger partial charge on any atom is 0.247 e. The van der Waals surface area contributed by atoms with E-state index in [-0.39, 0.29) is 25.0 Å². The number of rotatable bonds is 20. The second-order valence-electron chi connectivity index (χ2n) is 18.2. The molecule has 0 radical (unpaired) electrons. The Morgan fingerprint density at radius 2 is 1.37 bits per heavy atom. The predicted molar refractivity (Wildman–Crippen MR) is 293 cm³/mol. The first-order valence-corrected chi connectivity index (χ1v) is 24.8. The van der Waals surface area contributed by atoms with Gasteiger partial charge in [0.15, 0.2) is 0 Å². The summed E-state index contributed by atoms with van der Waals surface area (Å²) in [5.41, 5.74) is 6.17. The van der Waals surface area contributed by atoms with Crippen molar-refractivity contribution in [1.29, 1.82) is 0 Å². The summed E-state index contributed by atoms with van der Waals surface area (Å²) in [5.74, 6) is 2.87. The van der Waals surface area contributed by atoms with Crippen molar-refractivity contribution < 1.29 is 32.6 Å². The third-order valence-electron chi connectivity index (χ3n) is 12.8. The molecule has 0 bridgehead atoms. The van der Waals surface area contributed by atoms with Crippen LogP contribution in [0.3, 0.4) is 0 Å². The van der Waals surface area contributed by atoms with Crippen LogP contribution >= 0.6 is 0 Å². The highest BCUT2D eigenvalue weighted by Crippen LogP contribution is 2.35. The molecule has 18 nitrogen and oxygen atoms in total. The van der Waals surface area contributed by atoms with E-state index in [1.165, 1.54) is 17.8 Å². The van der Waals surface area contributed by atoms with Crippen LogP contribution in [0, 0.1) is 5.92 Å². The molecule has 0 spiro atoms. The molecular weight excluding hydrogens is 973 g/mol. The van der Waals surface area contributed by atoms with Crippen LogP contribution in [-0.4, -0.2) is 124 Å². The number of carbonyl (C=O) groups is 2. The van der Waals surface area contributed by atoms with Crippen LogP contribution in [0.25, 0.3) is 22.1 Å². The highest BCUT2D eigenvalue weighted by atomic mass is 19.1. The second kappa shape index (κ2) is 24.4. The number of aromatic amines is 1. The fourth-order valence-corrected chi connectivity index (χ4v) is 8.85. The summed E-state index contributed by atoms with van der Waals surface area (Å²) in [6.07, 6.45) is 6.84. The van der Waals surface area contributed by atoms with Crippen LogP contribution in [-0.2, 0) is 22.6 Å². The van der Waals surface area contributed by atoms with Gasteiger partial charge < -0.3 is 59.7 Å². The van der Waals surface area contributed by atoms with Crippen molar-refractivity contribution in [1.82, 2.24) is 39.3 Å². The first-order valence-electron chi connectivity index (χ1n) is 24.8. The Kier molecular flexibility index (Phi) is 16.7. The van der Waals surface area contributed by atoms with Crippen LogP contribution in [0.5, 0.6) is 29.0 Å². The lowest BCUT2D eigenvalue weighted by atomic mass is 9.92. The van der Waals surface area contributed by atoms with Crippen molar-refractivity contribution in [3.8, 4) is 29.0 Å². The summed E-state index contributed by atoms with van der Waals surface area (Å²) in [6, 6.07) is 31.8. The summed E-state index contributed by atoms with van der Waals surface area (Å²) in [5, 5.41) is 13.3. The van der Waals surface area contributed by atoms with E-state index in [1.807, 2.05) is 30.3 Å². The molecular formula is C56H59F2N13O5. The van der Waals surface area contributed by atoms with E-state index in [0.717, 1.165) is 62.6 Å². The second-order valence-corrected chi connectivity index (χ2v) is 18.2. The van der Waals surface area contributed by atoms with E-state index < -0.39 is 6.67 Å². The van der Waals surface area contributed by atoms with Crippen LogP contribution in [0.4, 0.5) is 49.1 Å². The lowest BCUT2D eigenvalue weighted by Gasteiger charge is -2.38. The molecule has 2 aliphatic heterocycles. The number of carbonyl (C=O) groups excluding carboxylic acids is 2. The first-order chi connectivity index (χ1) is 37.1. The van der Waals surface area contributed by atoms with Crippen molar-refractivity contribution in [3.05, 3.63) is 146 Å². The number of H-pyrrole nitrogens is 1. The van der Waals surface area contributed by atoms with E-state index >= 15 is 0 Å². The molecule has 2 aliphatic rings. The molecule has 5 N–H and O–H groups in total. The van der Waals surface area contributed by atoms with Gasteiger partial charge >= 0.3 is 0 Å². The van der Waals surface area contributed by atoms with Gasteiger partial charge in [-0.15, -0.1) is 0 Å². The maximum atomic E-state index is 13.2. The zero-order valence-corrected chi connectivity index (χ0v) is 42.3. The Morgan fingerprint density at radius 1 is 0.724 bits per heavy atom. The quantitative estimate of drug-likeness (QED) is 0.0453. The lowest BCUT2D eigenvalue weighted by Crippen LogP contribution is -2.48. The Bertz CT molecular complexity index is 3320. The molecule has 8 aromatic rings. The Hall–Kier alpha value is -8.88. The Morgan fingerprint density at radius 3 is 2.00 bits per heavy atom. The number of piperazine rings is 1. The van der Waals surface area contributed by atoms with Gasteiger partial charge in [-0.2, -0.15) is 19.9 Å². The minimum atomic E-state index is -0.522. The molecule has 0 unspecified atom stereocenters. The highest BCUT2D eigenvalue weighted by Gasteiger charge is 2.26. The van der Waals surface area contributed by atoms with Crippen molar-refractivity contribution in [2.75, 3.05) is 99.5 Å². The number of aryl methyl sites for hydroxylation is 1. The lowest BCUT2D eigenvalue weighted by molar-refractivity contribution is -0.112. The number of benzene rings is 4. The molecule has 6 heterocycles. The van der Waals surface area contributed by atoms with Crippen LogP contribution < -0.4 is 40.4 Å². The van der Waals surface area contributed by atoms with Crippen LogP contribution in [0.15, 0.2) is 141 Å². The summed E-state index contributed by atoms with van der Waals surface area (Å²) in [6.45, 7) is 12.7. The SMILES string of the molecule is C=CC(=O)Nc1cccc(Oc2nc(Nc3ccc(CC4CN(CCF)C4)cc3OC)nc3[nH]ccc23)c1.C=CC(=O)Nc1cccc(Oc2nc(Nc3ccc(N4CCN(C)CC4)cc3)nc3c2ccn3CCF)c1. The number of anilines is 7. The first kappa shape index (κ1) is 52.0. The largest absolute Gasteiger partial charge is 0.495 e. The normalized spacial score (nSPS) is 13.8. The summed E-state index contributed by atoms with van der Waals surface area (Å²) in [7, 11) is 3.76. The molecule has 20 heteroatoms. The van der Waals surface area contributed by atoms with Gasteiger partial charge in [-0.1, -0.05) is 31.4 Å². The number of nitrogens with zero attached hydrogens (tertiary/aromatic N) is 8. The number of aromatic nitrogens is 6. The minimum absolute atomic E-state index is 0.169. The number of hydrogen-bond donors (Lipinski definition) is 5. The number of halogens is 2. The smallest absolute Gasteiger partial charge is 0.247 e. The molecule has 2 saturated heterocycles. The molecule has 4 aromatic heterocycles. The van der Waals surface area contributed by atoms with Crippen LogP contribution in [0.1, 0.15) is 5.56 Å². The minimum Gasteiger partial charge on any atom is -0.495 e. The number of methoxy groups -OCH3 is 1. The Labute approximate surface area is 438 Å². The van der Waals surface area contributed by atoms with E-state index in [2.05, 4.69) is 99.3 Å². The number of likely N-dealkylation sites (N-methyl/N-ethyl adjacent to an activating group) is 1. The third-order valence-corrected chi connectivity index (χ3v) is 12.8. The molecule has 2 fully saturated rings. The fraction of sp³-hybridized carbons (Fsp3) is 0.250. The van der Waals surface area contributed by atoms with E-state index in [9.17, 15) is 18.4 Å². The summed E-state index contributed by atoms with van der Waals surface area (Å²) < 4.78 is 45.3. The fourth-order valence-electron chi connectivity index (χ4n) is 8.85. The average molecular weight is 1030 g/mol. The monoisotopic (exact) mass is 1030 g/mol. The molecule has 76 heavy (non-hydrogen) atoms. The van der Waals surface area contributed by atoms with Gasteiger partial charge in [0.1, 0.15) is 41.9 Å². The van der Waals surface area contributed by atoms with Gasteiger partial charge in [-0.05, 0) is 110 Å². The number of ether oxygens (including phenoxy) is 3. The van der Waals surface area contributed by atoms with Crippen molar-refractivity contribution in [2.24, 2.45) is 5.92 Å². The maximum absolute atomic E-state index is 13.2. The molecule has 392 valence electrons. The van der Waals surface area contributed by atoms with Crippen molar-refractivity contribution in [2.45, 2.75) is 13.0 Å². The van der Waals surface area contributed by atoms with E-state index in [4.69, 9.17) is 14.2 Å². The topological polar surface area (TPSA) is 192 Å². The molecule has 0 aliphatic carbocycles. The van der Waals surface area contributed by atoms with Gasteiger partial charge in [0.05, 0.1) is 30.1 Å². The molecule has 10 rings (SSSR count). The Balaban J connectivity index is 0.000000186. The number of likely N-dealkylation sites (tertiary alicyclic amines) is 1. The summed E-state index contributed by atoms with van der Waals surface area (Å²) in [4.78, 5) is 51.7. The third kappa shape index (κ3) is 13.1. The highest BCUT2D eigenvalue weighted by molar-refractivity contribution is 5.99. The van der Waals surface area contributed by atoms with E-state index in [1.54, 1.807) is 78.7 Å². The van der Waals surface area contributed by atoms with Crippen molar-refractivity contribution >= 4 is 74.2 Å². The number of nitrogens with one attached hydrogen (secondary N) is 5. The van der Waals surface area contributed by atoms with Gasteiger partial charge in [-0.25, -0.2) is 8.78 Å². The number of fused-ring (bicyclic) bond motifs is 2. The average Bonchev–Trinajstić information content (AvgIpc) is 4.07. The van der Waals surface area contributed by atoms with Gasteiger partial charge in [0.25, 0.3) is 0 Å². The molecule has 0 atom stereocenters. The van der Waals surface area contributed by atoms with Gasteiger partial charge in [0.2, 0.25) is 35.5 Å². The molecule has 2 amide bonds. The zero-order chi connectivity index (χ0) is 53.0. The van der Waals surface area contributed by atoms with Crippen molar-refractivity contribution in [3.63, 3.8) is 0 Å². The number of alkyl halides is 2. The predicted octanol–water partition coefficient (Wildman–Crippen LogP) is 9.88. The standard InChI is InChI=1S/C28H30FN7O2.C28H29FN6O3/c1-3-25(37)30-21-5-4-6-23(19-21)38-27-24-11-13-36(14-12-29)26(24)32-28(33-27)31-20-7-9-22(10-8-20)35-17-15-34(2)16-18-35;1-3-25(36)31-20-5-4-6-21(15-20)38-27-22-9-11-30-26(22)33-28(34-27)32-23-8-7-18(14-24(23)37-2)13-19-16-35(17-19)12-10-29/h3-11,13,19H,1,12,14-18H2,2H3,(H,30,37)(H,31,32,33);3-9,11,14-15,19H,1,10,12-13,16-17H2,2H3,(H,31,36)(H2,30,32,33,34). The molecule has 4 aromatic carbocycles. The van der Waals surface area contributed by atoms with E-state index in [0.29, 0.717) is 86.8 Å². The van der Waals surface area contributed by atoms with Crippen LogP contribution in [0.2, 0.25) is 0 Å². The van der Waals surface area contributed by atoms with Gasteiger partial charge in [0, 0.05) is 93.1 Å². The number of hydrogen-bond acceptors (Lipinski definition) is 14. The molecule has 0 saturated carbocycles. The number of amides is 2. The van der Waals surface area contributed by atoms with Gasteiger partial charge in [-0.3, -0.25) is 9.59 Å². The summed E-state index contributed by atoms with van der Waals surface area (Å²) >= 11 is 0. The zero-order valence-electron chi connectivity index (χ0n) is 42.3.